The first kappa shape index (κ1) is 39.5. The number of aromatic nitrogens is 5. The zero-order valence-electron chi connectivity index (χ0n) is 31.2. The van der Waals surface area contributed by atoms with Crippen molar-refractivity contribution in [1.29, 1.82) is 0 Å². The lowest BCUT2D eigenvalue weighted by Crippen LogP contribution is -2.40. The number of nitrogens with zero attached hydrogens (tertiary/aromatic N) is 6. The van der Waals surface area contributed by atoms with Crippen LogP contribution in [-0.2, 0) is 38.4 Å². The van der Waals surface area contributed by atoms with Gasteiger partial charge in [0.25, 0.3) is 17.9 Å². The summed E-state index contributed by atoms with van der Waals surface area (Å²) in [4.78, 5) is 37.4. The van der Waals surface area contributed by atoms with Gasteiger partial charge in [0.05, 0.1) is 40.7 Å². The predicted molar refractivity (Wildman–Crippen MR) is 203 cm³/mol. The molecule has 0 bridgehead atoms. The van der Waals surface area contributed by atoms with Gasteiger partial charge >= 0.3 is 0 Å². The van der Waals surface area contributed by atoms with Crippen molar-refractivity contribution in [3.8, 4) is 16.8 Å². The molecule has 1 saturated heterocycles. The van der Waals surface area contributed by atoms with Crippen molar-refractivity contribution < 1.29 is 44.3 Å². The van der Waals surface area contributed by atoms with Crippen molar-refractivity contribution >= 4 is 26.8 Å². The minimum absolute atomic E-state index is 0.00257. The standard InChI is InChI=1S/C41H33F6N7O5S/c42-25-15-22(16-26(43)19-25)17-33(49-34(55)21-53-37-35(36(51-53)38(44)45)30-20-31(30)41(37,46)47)39-50-32-18-24(23-7-9-48-10-8-23)1-6-29(32)40(56)54(39)27-2-4-28(5-3-27)60(57,58)52-11-13-59-14-12-52/h1-10,15-16,18-19,30-31,33,38H,11-14,17,20-21H2,(H,49,55)/t30-,31+,33-/m0/s1. The number of amides is 1. The molecule has 0 radical (unpaired) electrons. The van der Waals surface area contributed by atoms with E-state index >= 15 is 8.78 Å². The Morgan fingerprint density at radius 2 is 1.63 bits per heavy atom. The second-order valence-electron chi connectivity index (χ2n) is 14.9. The molecule has 3 atom stereocenters. The molecule has 2 fully saturated rings. The van der Waals surface area contributed by atoms with E-state index in [4.69, 9.17) is 9.72 Å². The number of alkyl halides is 4. The summed E-state index contributed by atoms with van der Waals surface area (Å²) >= 11 is 0. The number of nitrogens with one attached hydrogen (secondary N) is 1. The zero-order valence-corrected chi connectivity index (χ0v) is 32.1. The highest BCUT2D eigenvalue weighted by molar-refractivity contribution is 7.89. The number of carbonyl (C=O) groups excluding carboxylic acids is 1. The van der Waals surface area contributed by atoms with Gasteiger partial charge in [-0.25, -0.2) is 31.0 Å². The van der Waals surface area contributed by atoms with E-state index in [1.165, 1.54) is 34.6 Å². The first-order valence-corrected chi connectivity index (χ1v) is 20.3. The number of morpholine rings is 1. The predicted octanol–water partition coefficient (Wildman–Crippen LogP) is 6.19. The van der Waals surface area contributed by atoms with Crippen LogP contribution in [0.1, 0.15) is 53.1 Å². The smallest absolute Gasteiger partial charge is 0.293 e. The third-order valence-electron chi connectivity index (χ3n) is 11.1. The van der Waals surface area contributed by atoms with Crippen molar-refractivity contribution in [2.75, 3.05) is 26.3 Å². The van der Waals surface area contributed by atoms with Gasteiger partial charge in [0.1, 0.15) is 35.4 Å². The van der Waals surface area contributed by atoms with Crippen LogP contribution in [0.4, 0.5) is 26.3 Å². The largest absolute Gasteiger partial charge is 0.379 e. The van der Waals surface area contributed by atoms with Crippen molar-refractivity contribution in [2.24, 2.45) is 5.92 Å². The second kappa shape index (κ2) is 15.0. The van der Waals surface area contributed by atoms with Gasteiger partial charge in [0, 0.05) is 49.5 Å². The maximum Gasteiger partial charge on any atom is 0.293 e. The van der Waals surface area contributed by atoms with Crippen LogP contribution < -0.4 is 10.9 Å². The summed E-state index contributed by atoms with van der Waals surface area (Å²) < 4.78 is 123. The van der Waals surface area contributed by atoms with Crippen LogP contribution in [0.3, 0.4) is 0 Å². The minimum Gasteiger partial charge on any atom is -0.379 e. The fourth-order valence-corrected chi connectivity index (χ4v) is 9.65. The van der Waals surface area contributed by atoms with Gasteiger partial charge in [-0.15, -0.1) is 0 Å². The molecule has 6 aromatic rings. The monoisotopic (exact) mass is 849 g/mol. The maximum atomic E-state index is 15.4. The van der Waals surface area contributed by atoms with Crippen LogP contribution in [0.25, 0.3) is 27.7 Å². The van der Waals surface area contributed by atoms with Gasteiger partial charge in [0.2, 0.25) is 15.9 Å². The van der Waals surface area contributed by atoms with Crippen molar-refractivity contribution in [1.82, 2.24) is 33.9 Å². The number of halogens is 6. The highest BCUT2D eigenvalue weighted by Crippen LogP contribution is 2.68. The van der Waals surface area contributed by atoms with Crippen LogP contribution in [0.2, 0.25) is 0 Å². The Bertz CT molecular complexity index is 2810. The molecule has 60 heavy (non-hydrogen) atoms. The van der Waals surface area contributed by atoms with Crippen LogP contribution in [-0.4, -0.2) is 69.2 Å². The molecule has 0 unspecified atom stereocenters. The number of carbonyl (C=O) groups is 1. The Morgan fingerprint density at radius 3 is 2.32 bits per heavy atom. The van der Waals surface area contributed by atoms with Crippen molar-refractivity contribution in [3.05, 3.63) is 136 Å². The fraction of sp³-hybridized carbons (Fsp3) is 0.293. The van der Waals surface area contributed by atoms with E-state index in [2.05, 4.69) is 15.4 Å². The molecule has 310 valence electrons. The van der Waals surface area contributed by atoms with Gasteiger partial charge in [-0.05, 0) is 89.7 Å². The Kier molecular flexibility index (Phi) is 9.86. The normalized spacial score (nSPS) is 19.0. The summed E-state index contributed by atoms with van der Waals surface area (Å²) in [6, 6.07) is 14.8. The highest BCUT2D eigenvalue weighted by atomic mass is 32.2. The average Bonchev–Trinajstić information content (AvgIpc) is 3.89. The van der Waals surface area contributed by atoms with E-state index in [9.17, 15) is 35.6 Å². The molecule has 1 amide bonds. The summed E-state index contributed by atoms with van der Waals surface area (Å²) in [5.74, 6) is -8.63. The van der Waals surface area contributed by atoms with E-state index < -0.39 is 87.7 Å². The number of sulfonamides is 1. The molecule has 9 rings (SSSR count). The molecule has 0 spiro atoms. The molecule has 19 heteroatoms. The summed E-state index contributed by atoms with van der Waals surface area (Å²) in [6.45, 7) is -0.255. The van der Waals surface area contributed by atoms with Crippen LogP contribution in [0.15, 0.2) is 94.9 Å². The quantitative estimate of drug-likeness (QED) is 0.152. The number of fused-ring (bicyclic) bond motifs is 4. The lowest BCUT2D eigenvalue weighted by atomic mass is 10.0. The first-order chi connectivity index (χ1) is 28.7. The van der Waals surface area contributed by atoms with E-state index in [1.807, 2.05) is 0 Å². The van der Waals surface area contributed by atoms with Crippen molar-refractivity contribution in [3.63, 3.8) is 0 Å². The molecule has 12 nitrogen and oxygen atoms in total. The van der Waals surface area contributed by atoms with Gasteiger partial charge in [0.15, 0.2) is 0 Å². The number of rotatable bonds is 11. The summed E-state index contributed by atoms with van der Waals surface area (Å²) in [5, 5.41) is 6.50. The molecule has 4 heterocycles. The molecule has 3 aliphatic rings. The first-order valence-electron chi connectivity index (χ1n) is 18.9. The SMILES string of the molecule is O=C(Cn1nc(C(F)F)c2c1C(F)(F)[C@@H]1C[C@H]21)N[C@@H](Cc1cc(F)cc(F)c1)c1nc2cc(-c3ccncc3)ccc2c(=O)n1-c1ccc(S(=O)(=O)N2CCOCC2)cc1. The second-order valence-corrected chi connectivity index (χ2v) is 16.8. The number of pyridine rings is 1. The minimum atomic E-state index is -3.97. The summed E-state index contributed by atoms with van der Waals surface area (Å²) in [6.07, 6.45) is -0.441. The zero-order chi connectivity index (χ0) is 42.1. The molecule has 1 aliphatic heterocycles. The molecular weight excluding hydrogens is 817 g/mol. The van der Waals surface area contributed by atoms with E-state index in [0.717, 1.165) is 22.3 Å². The van der Waals surface area contributed by atoms with Crippen LogP contribution >= 0.6 is 0 Å². The number of ether oxygens (including phenoxy) is 1. The molecule has 1 N–H and O–H groups in total. The number of hydrogen-bond donors (Lipinski definition) is 1. The lowest BCUT2D eigenvalue weighted by Gasteiger charge is -2.26. The summed E-state index contributed by atoms with van der Waals surface area (Å²) in [7, 11) is -3.97. The van der Waals surface area contributed by atoms with Gasteiger partial charge in [-0.2, -0.15) is 18.2 Å². The van der Waals surface area contributed by atoms with E-state index in [-0.39, 0.29) is 71.2 Å². The average molecular weight is 850 g/mol. The Morgan fingerprint density at radius 1 is 0.933 bits per heavy atom. The van der Waals surface area contributed by atoms with Crippen LogP contribution in [0.5, 0.6) is 0 Å². The maximum absolute atomic E-state index is 15.4. The Hall–Kier alpha value is -5.92. The van der Waals surface area contributed by atoms with Gasteiger partial charge in [-0.3, -0.25) is 23.8 Å². The highest BCUT2D eigenvalue weighted by Gasteiger charge is 2.67. The lowest BCUT2D eigenvalue weighted by molar-refractivity contribution is -0.123. The number of benzene rings is 3. The fourth-order valence-electron chi connectivity index (χ4n) is 8.24. The third-order valence-corrected chi connectivity index (χ3v) is 13.0. The van der Waals surface area contributed by atoms with Crippen LogP contribution in [0, 0.1) is 17.6 Å². The topological polar surface area (TPSA) is 141 Å². The molecular formula is C41H33F6N7O5S. The summed E-state index contributed by atoms with van der Waals surface area (Å²) in [5.41, 5.74) is -0.946. The van der Waals surface area contributed by atoms with Crippen molar-refractivity contribution in [2.45, 2.75) is 48.6 Å². The Balaban J connectivity index is 1.17. The molecule has 2 aliphatic carbocycles. The number of hydrogen-bond acceptors (Lipinski definition) is 8. The molecule has 1 saturated carbocycles. The molecule has 3 aromatic carbocycles. The van der Waals surface area contributed by atoms with E-state index in [1.54, 1.807) is 36.7 Å². The van der Waals surface area contributed by atoms with Gasteiger partial charge < -0.3 is 10.1 Å². The Labute approximate surface area is 337 Å². The third kappa shape index (κ3) is 7.02. The van der Waals surface area contributed by atoms with Gasteiger partial charge in [-0.1, -0.05) is 6.07 Å². The molecule has 3 aromatic heterocycles. The van der Waals surface area contributed by atoms with E-state index in [0.29, 0.717) is 16.3 Å².